The van der Waals surface area contributed by atoms with Gasteiger partial charge in [0.25, 0.3) is 0 Å². The molecule has 0 aliphatic rings. The quantitative estimate of drug-likeness (QED) is 0.788. The summed E-state index contributed by atoms with van der Waals surface area (Å²) >= 11 is 0. The Hall–Kier alpha value is -1.60. The predicted molar refractivity (Wildman–Crippen MR) is 65.5 cm³/mol. The number of ether oxygens (including phenoxy) is 1. The van der Waals surface area contributed by atoms with Crippen LogP contribution in [0.25, 0.3) is 0 Å². The van der Waals surface area contributed by atoms with Crippen molar-refractivity contribution >= 4 is 5.69 Å². The van der Waals surface area contributed by atoms with E-state index in [4.69, 9.17) is 10.00 Å². The lowest BCUT2D eigenvalue weighted by atomic mass is 10.2. The van der Waals surface area contributed by atoms with E-state index in [1.807, 2.05) is 31.9 Å². The Bertz CT molecular complexity index is 412. The average molecular weight is 236 g/mol. The summed E-state index contributed by atoms with van der Waals surface area (Å²) in [6, 6.07) is 6.21. The van der Waals surface area contributed by atoms with Crippen LogP contribution in [-0.2, 0) is 4.74 Å². The summed E-state index contributed by atoms with van der Waals surface area (Å²) < 4.78 is 18.4. The molecule has 0 unspecified atom stereocenters. The highest BCUT2D eigenvalue weighted by atomic mass is 19.1. The van der Waals surface area contributed by atoms with Gasteiger partial charge in [0.05, 0.1) is 24.0 Å². The Morgan fingerprint density at radius 2 is 2.18 bits per heavy atom. The number of anilines is 1. The smallest absolute Gasteiger partial charge is 0.124 e. The standard InChI is InChI=1S/C13H17FN2O/c1-10(2)17-7-6-16(3)13-5-4-12(14)8-11(13)9-15/h4-5,8,10H,6-7H2,1-3H3. The molecule has 0 saturated heterocycles. The molecular weight excluding hydrogens is 219 g/mol. The Morgan fingerprint density at radius 1 is 1.47 bits per heavy atom. The lowest BCUT2D eigenvalue weighted by Gasteiger charge is -2.21. The molecule has 1 rings (SSSR count). The average Bonchev–Trinajstić information content (AvgIpc) is 2.28. The lowest BCUT2D eigenvalue weighted by molar-refractivity contribution is 0.0846. The van der Waals surface area contributed by atoms with E-state index in [0.29, 0.717) is 18.7 Å². The van der Waals surface area contributed by atoms with E-state index in [1.54, 1.807) is 6.07 Å². The van der Waals surface area contributed by atoms with Crippen LogP contribution in [0, 0.1) is 17.1 Å². The molecule has 17 heavy (non-hydrogen) atoms. The zero-order valence-electron chi connectivity index (χ0n) is 10.4. The van der Waals surface area contributed by atoms with Gasteiger partial charge in [-0.15, -0.1) is 0 Å². The Morgan fingerprint density at radius 3 is 2.76 bits per heavy atom. The van der Waals surface area contributed by atoms with E-state index >= 15 is 0 Å². The van der Waals surface area contributed by atoms with Crippen molar-refractivity contribution in [2.24, 2.45) is 0 Å². The first-order valence-electron chi connectivity index (χ1n) is 5.57. The van der Waals surface area contributed by atoms with Crippen LogP contribution in [-0.4, -0.2) is 26.3 Å². The number of likely N-dealkylation sites (N-methyl/N-ethyl adjacent to an activating group) is 1. The van der Waals surface area contributed by atoms with Gasteiger partial charge in [0.2, 0.25) is 0 Å². The van der Waals surface area contributed by atoms with Crippen LogP contribution >= 0.6 is 0 Å². The summed E-state index contributed by atoms with van der Waals surface area (Å²) in [5.41, 5.74) is 1.07. The highest BCUT2D eigenvalue weighted by molar-refractivity contribution is 5.58. The number of nitriles is 1. The number of hydrogen-bond acceptors (Lipinski definition) is 3. The van der Waals surface area contributed by atoms with E-state index in [0.717, 1.165) is 5.69 Å². The molecule has 1 aromatic carbocycles. The molecule has 0 atom stereocenters. The highest BCUT2D eigenvalue weighted by Gasteiger charge is 2.08. The molecule has 0 aliphatic heterocycles. The van der Waals surface area contributed by atoms with E-state index < -0.39 is 5.82 Å². The van der Waals surface area contributed by atoms with Crippen molar-refractivity contribution in [1.29, 1.82) is 5.26 Å². The van der Waals surface area contributed by atoms with Gasteiger partial charge in [-0.1, -0.05) is 0 Å². The SMILES string of the molecule is CC(C)OCCN(C)c1ccc(F)cc1C#N. The van der Waals surface area contributed by atoms with E-state index in [1.165, 1.54) is 12.1 Å². The van der Waals surface area contributed by atoms with E-state index in [-0.39, 0.29) is 6.10 Å². The van der Waals surface area contributed by atoms with Gasteiger partial charge in [0, 0.05) is 13.6 Å². The minimum atomic E-state index is -0.392. The normalized spacial score (nSPS) is 10.4. The third kappa shape index (κ3) is 4.04. The number of benzene rings is 1. The monoisotopic (exact) mass is 236 g/mol. The van der Waals surface area contributed by atoms with Gasteiger partial charge >= 0.3 is 0 Å². The van der Waals surface area contributed by atoms with Crippen LogP contribution in [0.1, 0.15) is 19.4 Å². The van der Waals surface area contributed by atoms with Crippen molar-refractivity contribution in [3.8, 4) is 6.07 Å². The predicted octanol–water partition coefficient (Wildman–Crippen LogP) is 2.56. The summed E-state index contributed by atoms with van der Waals surface area (Å²) in [5, 5.41) is 8.93. The molecule has 0 amide bonds. The zero-order chi connectivity index (χ0) is 12.8. The maximum absolute atomic E-state index is 13.0. The zero-order valence-corrected chi connectivity index (χ0v) is 10.4. The van der Waals surface area contributed by atoms with Gasteiger partial charge in [0.15, 0.2) is 0 Å². The van der Waals surface area contributed by atoms with Crippen molar-refractivity contribution in [2.75, 3.05) is 25.1 Å². The van der Waals surface area contributed by atoms with Crippen molar-refractivity contribution < 1.29 is 9.13 Å². The molecule has 0 N–H and O–H groups in total. The summed E-state index contributed by atoms with van der Waals surface area (Å²) in [7, 11) is 1.86. The van der Waals surface area contributed by atoms with E-state index in [9.17, 15) is 4.39 Å². The molecule has 0 spiro atoms. The summed E-state index contributed by atoms with van der Waals surface area (Å²) in [5.74, 6) is -0.392. The Labute approximate surface area is 101 Å². The molecule has 0 fully saturated rings. The second-order valence-electron chi connectivity index (χ2n) is 4.11. The van der Waals surface area contributed by atoms with Crippen LogP contribution in [0.4, 0.5) is 10.1 Å². The minimum Gasteiger partial charge on any atom is -0.377 e. The second-order valence-corrected chi connectivity index (χ2v) is 4.11. The summed E-state index contributed by atoms with van der Waals surface area (Å²) in [4.78, 5) is 1.89. The summed E-state index contributed by atoms with van der Waals surface area (Å²) in [6.45, 7) is 5.19. The number of nitrogens with zero attached hydrogens (tertiary/aromatic N) is 2. The molecule has 92 valence electrons. The lowest BCUT2D eigenvalue weighted by Crippen LogP contribution is -2.24. The number of rotatable bonds is 5. The van der Waals surface area contributed by atoms with Crippen molar-refractivity contribution in [3.63, 3.8) is 0 Å². The van der Waals surface area contributed by atoms with Crippen LogP contribution in [0.2, 0.25) is 0 Å². The largest absolute Gasteiger partial charge is 0.377 e. The second kappa shape index (κ2) is 6.21. The first-order valence-corrected chi connectivity index (χ1v) is 5.57. The molecule has 0 aliphatic carbocycles. The van der Waals surface area contributed by atoms with Gasteiger partial charge < -0.3 is 9.64 Å². The van der Waals surface area contributed by atoms with Crippen LogP contribution in [0.5, 0.6) is 0 Å². The molecular formula is C13H17FN2O. The Balaban J connectivity index is 2.69. The fraction of sp³-hybridized carbons (Fsp3) is 0.462. The van der Waals surface area contributed by atoms with E-state index in [2.05, 4.69) is 0 Å². The van der Waals surface area contributed by atoms with Crippen molar-refractivity contribution in [3.05, 3.63) is 29.6 Å². The Kier molecular flexibility index (Phi) is 4.92. The summed E-state index contributed by atoms with van der Waals surface area (Å²) in [6.07, 6.45) is 0.187. The van der Waals surface area contributed by atoms with Gasteiger partial charge in [0.1, 0.15) is 11.9 Å². The minimum absolute atomic E-state index is 0.187. The van der Waals surface area contributed by atoms with Crippen molar-refractivity contribution in [1.82, 2.24) is 0 Å². The molecule has 0 saturated carbocycles. The fourth-order valence-electron chi connectivity index (χ4n) is 1.48. The van der Waals surface area contributed by atoms with Crippen LogP contribution in [0.15, 0.2) is 18.2 Å². The van der Waals surface area contributed by atoms with Crippen molar-refractivity contribution in [2.45, 2.75) is 20.0 Å². The molecule has 0 heterocycles. The number of hydrogen-bond donors (Lipinski definition) is 0. The third-order valence-corrected chi connectivity index (χ3v) is 2.37. The van der Waals surface area contributed by atoms with Gasteiger partial charge in [-0.2, -0.15) is 5.26 Å². The molecule has 3 nitrogen and oxygen atoms in total. The molecule has 0 radical (unpaired) electrons. The maximum atomic E-state index is 13.0. The molecule has 0 bridgehead atoms. The topological polar surface area (TPSA) is 36.3 Å². The highest BCUT2D eigenvalue weighted by Crippen LogP contribution is 2.19. The van der Waals surface area contributed by atoms with Gasteiger partial charge in [-0.25, -0.2) is 4.39 Å². The number of halogens is 1. The maximum Gasteiger partial charge on any atom is 0.124 e. The first kappa shape index (κ1) is 13.5. The van der Waals surface area contributed by atoms with Crippen LogP contribution in [0.3, 0.4) is 0 Å². The molecule has 4 heteroatoms. The first-order chi connectivity index (χ1) is 8.04. The van der Waals surface area contributed by atoms with Gasteiger partial charge in [-0.3, -0.25) is 0 Å². The fourth-order valence-corrected chi connectivity index (χ4v) is 1.48. The van der Waals surface area contributed by atoms with Gasteiger partial charge in [-0.05, 0) is 32.0 Å². The van der Waals surface area contributed by atoms with Crippen LogP contribution < -0.4 is 4.90 Å². The molecule has 1 aromatic rings. The third-order valence-electron chi connectivity index (χ3n) is 2.37. The molecule has 0 aromatic heterocycles.